The van der Waals surface area contributed by atoms with Crippen molar-refractivity contribution in [3.63, 3.8) is 0 Å². The second-order valence-electron chi connectivity index (χ2n) is 8.86. The van der Waals surface area contributed by atoms with E-state index >= 15 is 0 Å². The summed E-state index contributed by atoms with van der Waals surface area (Å²) in [5.41, 5.74) is 2.28. The molecule has 4 rings (SSSR count). The summed E-state index contributed by atoms with van der Waals surface area (Å²) < 4.78 is 12.5. The van der Waals surface area contributed by atoms with Crippen molar-refractivity contribution in [2.24, 2.45) is 5.92 Å². The summed E-state index contributed by atoms with van der Waals surface area (Å²) in [5.74, 6) is 0.859. The number of hydrogen-bond acceptors (Lipinski definition) is 4. The van der Waals surface area contributed by atoms with Crippen LogP contribution in [0.25, 0.3) is 0 Å². The summed E-state index contributed by atoms with van der Waals surface area (Å²) in [7, 11) is -0.388. The van der Waals surface area contributed by atoms with Crippen LogP contribution in [0.15, 0.2) is 17.0 Å². The van der Waals surface area contributed by atoms with E-state index < -0.39 is 0 Å². The second kappa shape index (κ2) is 6.01. The van der Waals surface area contributed by atoms with E-state index in [-0.39, 0.29) is 24.2 Å². The molecule has 26 heavy (non-hydrogen) atoms. The maximum absolute atomic E-state index is 13.0. The molecule has 0 N–H and O–H groups in total. The fourth-order valence-electron chi connectivity index (χ4n) is 3.90. The van der Waals surface area contributed by atoms with E-state index in [4.69, 9.17) is 9.31 Å². The molecule has 1 saturated carbocycles. The fourth-order valence-corrected chi connectivity index (χ4v) is 4.58. The van der Waals surface area contributed by atoms with E-state index in [1.165, 1.54) is 12.8 Å². The number of amides is 1. The highest BCUT2D eigenvalue weighted by atomic mass is 32.2. The highest BCUT2D eigenvalue weighted by molar-refractivity contribution is 7.98. The molecule has 1 aliphatic carbocycles. The van der Waals surface area contributed by atoms with Crippen molar-refractivity contribution >= 4 is 30.3 Å². The van der Waals surface area contributed by atoms with Crippen LogP contribution >= 0.6 is 11.8 Å². The molecule has 140 valence electrons. The Labute approximate surface area is 161 Å². The summed E-state index contributed by atoms with van der Waals surface area (Å²) in [4.78, 5) is 16.1. The van der Waals surface area contributed by atoms with Crippen molar-refractivity contribution in [3.8, 4) is 0 Å². The smallest absolute Gasteiger partial charge is 0.399 e. The number of benzene rings is 1. The second-order valence-corrected chi connectivity index (χ2v) is 9.70. The van der Waals surface area contributed by atoms with Gasteiger partial charge < -0.3 is 14.2 Å². The van der Waals surface area contributed by atoms with Gasteiger partial charge in [0.1, 0.15) is 0 Å². The lowest BCUT2D eigenvalue weighted by Gasteiger charge is -2.32. The van der Waals surface area contributed by atoms with E-state index in [0.717, 1.165) is 21.5 Å². The van der Waals surface area contributed by atoms with E-state index in [1.807, 2.05) is 6.26 Å². The van der Waals surface area contributed by atoms with Crippen LogP contribution in [0.2, 0.25) is 0 Å². The third kappa shape index (κ3) is 2.81. The van der Waals surface area contributed by atoms with Gasteiger partial charge in [-0.3, -0.25) is 4.79 Å². The minimum Gasteiger partial charge on any atom is -0.399 e. The Bertz CT molecular complexity index is 744. The van der Waals surface area contributed by atoms with Gasteiger partial charge in [-0.25, -0.2) is 0 Å². The fraction of sp³-hybridized carbons (Fsp3) is 0.650. The molecule has 1 atom stereocenters. The van der Waals surface area contributed by atoms with E-state index in [0.29, 0.717) is 18.5 Å². The largest absolute Gasteiger partial charge is 0.494 e. The molecular weight excluding hydrogens is 345 g/mol. The van der Waals surface area contributed by atoms with Gasteiger partial charge in [-0.15, -0.1) is 11.8 Å². The molecule has 2 heterocycles. The number of carbonyl (C=O) groups is 1. The van der Waals surface area contributed by atoms with Crippen LogP contribution in [0, 0.1) is 5.92 Å². The van der Waals surface area contributed by atoms with Crippen molar-refractivity contribution in [1.82, 2.24) is 4.90 Å². The molecule has 0 radical (unpaired) electrons. The summed E-state index contributed by atoms with van der Waals surface area (Å²) in [6, 6.07) is 4.52. The maximum atomic E-state index is 13.0. The van der Waals surface area contributed by atoms with Crippen LogP contribution in [0.3, 0.4) is 0 Å². The molecule has 0 bridgehead atoms. The molecule has 1 amide bonds. The summed E-state index contributed by atoms with van der Waals surface area (Å²) in [6.45, 7) is 11.2. The Morgan fingerprint density at radius 1 is 1.19 bits per heavy atom. The Balaban J connectivity index is 1.67. The lowest BCUT2D eigenvalue weighted by molar-refractivity contribution is 0.00578. The first-order valence-electron chi connectivity index (χ1n) is 9.52. The average Bonchev–Trinajstić information content (AvgIpc) is 3.32. The van der Waals surface area contributed by atoms with Crippen LogP contribution in [0.4, 0.5) is 0 Å². The van der Waals surface area contributed by atoms with Gasteiger partial charge in [0, 0.05) is 17.5 Å². The van der Waals surface area contributed by atoms with Crippen molar-refractivity contribution in [1.29, 1.82) is 0 Å². The number of carbonyl (C=O) groups excluding carboxylic acids is 1. The topological polar surface area (TPSA) is 38.8 Å². The number of thioether (sulfide) groups is 1. The van der Waals surface area contributed by atoms with Gasteiger partial charge in [0.2, 0.25) is 0 Å². The molecule has 1 aromatic rings. The number of fused-ring (bicyclic) bond motifs is 1. The molecule has 4 nitrogen and oxygen atoms in total. The molecule has 6 heteroatoms. The zero-order valence-electron chi connectivity index (χ0n) is 16.6. The van der Waals surface area contributed by atoms with E-state index in [1.54, 1.807) is 11.8 Å². The number of rotatable bonds is 4. The summed E-state index contributed by atoms with van der Waals surface area (Å²) >= 11 is 1.63. The summed E-state index contributed by atoms with van der Waals surface area (Å²) in [5, 5.41) is 0. The zero-order chi connectivity index (χ0) is 18.9. The third-order valence-corrected chi connectivity index (χ3v) is 7.32. The maximum Gasteiger partial charge on any atom is 0.494 e. The highest BCUT2D eigenvalue weighted by Gasteiger charge is 2.52. The Morgan fingerprint density at radius 2 is 1.81 bits per heavy atom. The lowest BCUT2D eigenvalue weighted by atomic mass is 9.78. The minimum atomic E-state index is -0.388. The van der Waals surface area contributed by atoms with Gasteiger partial charge in [0.25, 0.3) is 5.91 Å². The van der Waals surface area contributed by atoms with Gasteiger partial charge >= 0.3 is 7.12 Å². The molecule has 2 aliphatic heterocycles. The normalized spacial score (nSPS) is 24.9. The first-order valence-corrected chi connectivity index (χ1v) is 10.7. The van der Waals surface area contributed by atoms with Crippen molar-refractivity contribution in [2.45, 2.75) is 76.1 Å². The molecular formula is C20H28BNO3S. The van der Waals surface area contributed by atoms with Gasteiger partial charge in [-0.1, -0.05) is 6.07 Å². The quantitative estimate of drug-likeness (QED) is 0.599. The van der Waals surface area contributed by atoms with E-state index in [2.05, 4.69) is 51.7 Å². The van der Waals surface area contributed by atoms with Gasteiger partial charge in [0.05, 0.1) is 16.8 Å². The highest BCUT2D eigenvalue weighted by Crippen LogP contribution is 2.41. The molecule has 3 aliphatic rings. The zero-order valence-corrected chi connectivity index (χ0v) is 17.4. The minimum absolute atomic E-state index is 0.184. The number of hydrogen-bond donors (Lipinski definition) is 0. The molecule has 0 spiro atoms. The Hall–Kier alpha value is -0.975. The predicted octanol–water partition coefficient (Wildman–Crippen LogP) is 3.46. The molecule has 2 fully saturated rings. The van der Waals surface area contributed by atoms with Crippen molar-refractivity contribution in [2.75, 3.05) is 6.26 Å². The Kier molecular flexibility index (Phi) is 4.25. The van der Waals surface area contributed by atoms with Crippen LogP contribution < -0.4 is 5.46 Å². The Morgan fingerprint density at radius 3 is 2.35 bits per heavy atom. The lowest BCUT2D eigenvalue weighted by Crippen LogP contribution is -2.41. The SMILES string of the molecule is CSc1cc(B2OC(C)(C)C(C)(C)O2)cc2c1C(=O)N(C(C)C1CC1)C2. The third-order valence-electron chi connectivity index (χ3n) is 6.56. The first-order chi connectivity index (χ1) is 12.1. The monoisotopic (exact) mass is 373 g/mol. The first kappa shape index (κ1) is 18.4. The van der Waals surface area contributed by atoms with Crippen molar-refractivity contribution in [3.05, 3.63) is 23.3 Å². The molecule has 1 unspecified atom stereocenters. The van der Waals surface area contributed by atoms with Crippen LogP contribution in [0.1, 0.15) is 63.4 Å². The van der Waals surface area contributed by atoms with Crippen LogP contribution in [0.5, 0.6) is 0 Å². The van der Waals surface area contributed by atoms with Crippen LogP contribution in [-0.4, -0.2) is 41.4 Å². The predicted molar refractivity (Wildman–Crippen MR) is 106 cm³/mol. The van der Waals surface area contributed by atoms with Gasteiger partial charge in [-0.05, 0) is 76.7 Å². The van der Waals surface area contributed by atoms with Gasteiger partial charge in [-0.2, -0.15) is 0 Å². The molecule has 1 saturated heterocycles. The van der Waals surface area contributed by atoms with E-state index in [9.17, 15) is 4.79 Å². The summed E-state index contributed by atoms with van der Waals surface area (Å²) in [6.07, 6.45) is 4.52. The standard InChI is InChI=1S/C20H28BNO3S/c1-12(13-7-8-13)22-11-14-9-15(10-16(26-6)17(14)18(22)23)21-24-19(2,3)20(4,5)25-21/h9-10,12-13H,7-8,11H2,1-6H3. The van der Waals surface area contributed by atoms with Crippen LogP contribution in [-0.2, 0) is 15.9 Å². The number of nitrogens with zero attached hydrogens (tertiary/aromatic N) is 1. The average molecular weight is 373 g/mol. The van der Waals surface area contributed by atoms with Crippen molar-refractivity contribution < 1.29 is 14.1 Å². The van der Waals surface area contributed by atoms with Gasteiger partial charge in [0.15, 0.2) is 0 Å². The molecule has 1 aromatic carbocycles. The molecule has 0 aromatic heterocycles.